The fraction of sp³-hybridized carbons (Fsp3) is 0.333. The number of carbonyl (C=O) groups is 1. The Morgan fingerprint density at radius 3 is 2.50 bits per heavy atom. The van der Waals surface area contributed by atoms with Crippen molar-refractivity contribution in [2.24, 2.45) is 0 Å². The summed E-state index contributed by atoms with van der Waals surface area (Å²) in [6.07, 6.45) is -3.77. The predicted molar refractivity (Wildman–Crippen MR) is 58.6 cm³/mol. The molecule has 0 radical (unpaired) electrons. The van der Waals surface area contributed by atoms with Crippen LogP contribution < -0.4 is 9.46 Å². The third-order valence-electron chi connectivity index (χ3n) is 1.82. The molecule has 0 aliphatic rings. The number of alkyl halides is 3. The van der Waals surface area contributed by atoms with Gasteiger partial charge in [0.05, 0.1) is 6.20 Å². The molecule has 7 nitrogen and oxygen atoms in total. The van der Waals surface area contributed by atoms with Gasteiger partial charge in [0.15, 0.2) is 6.61 Å². The molecule has 0 saturated heterocycles. The highest BCUT2D eigenvalue weighted by Crippen LogP contribution is 2.17. The molecule has 0 aliphatic carbocycles. The van der Waals surface area contributed by atoms with Crippen LogP contribution >= 0.6 is 0 Å². The number of pyridine rings is 1. The van der Waals surface area contributed by atoms with Crippen LogP contribution in [0.5, 0.6) is 5.88 Å². The molecule has 112 valence electrons. The van der Waals surface area contributed by atoms with Gasteiger partial charge in [-0.3, -0.25) is 4.79 Å². The molecule has 0 saturated carbocycles. The molecule has 0 unspecified atom stereocenters. The predicted octanol–water partition coefficient (Wildman–Crippen LogP) is 0.386. The highest BCUT2D eigenvalue weighted by Gasteiger charge is 2.28. The van der Waals surface area contributed by atoms with E-state index < -0.39 is 46.1 Å². The molecular formula is C9H9F3N2O5S. The average molecular weight is 314 g/mol. The number of ether oxygens (including phenoxy) is 1. The van der Waals surface area contributed by atoms with Gasteiger partial charge in [0.2, 0.25) is 15.9 Å². The summed E-state index contributed by atoms with van der Waals surface area (Å²) in [5.74, 6) is -1.79. The van der Waals surface area contributed by atoms with Gasteiger partial charge in [0.1, 0.15) is 11.4 Å². The Morgan fingerprint density at radius 2 is 2.05 bits per heavy atom. The van der Waals surface area contributed by atoms with Crippen molar-refractivity contribution in [1.29, 1.82) is 0 Å². The van der Waals surface area contributed by atoms with E-state index in [2.05, 4.69) is 9.72 Å². The normalized spacial score (nSPS) is 12.2. The average Bonchev–Trinajstić information content (AvgIpc) is 2.34. The van der Waals surface area contributed by atoms with Crippen LogP contribution in [0, 0.1) is 0 Å². The zero-order valence-electron chi connectivity index (χ0n) is 9.72. The lowest BCUT2D eigenvalue weighted by molar-refractivity contribution is -0.154. The van der Waals surface area contributed by atoms with Crippen LogP contribution in [0.3, 0.4) is 0 Å². The highest BCUT2D eigenvalue weighted by molar-refractivity contribution is 7.89. The first kappa shape index (κ1) is 16.2. The molecule has 1 rings (SSSR count). The lowest BCUT2D eigenvalue weighted by atomic mass is 10.5. The molecule has 1 aromatic heterocycles. The summed E-state index contributed by atoms with van der Waals surface area (Å²) in [6.45, 7) is -2.38. The van der Waals surface area contributed by atoms with Gasteiger partial charge in [-0.25, -0.2) is 13.4 Å². The number of hydrogen-bond donors (Lipinski definition) is 2. The van der Waals surface area contributed by atoms with E-state index in [4.69, 9.17) is 5.11 Å². The number of rotatable bonds is 6. The number of aromatic nitrogens is 1. The third kappa shape index (κ3) is 5.40. The van der Waals surface area contributed by atoms with Crippen molar-refractivity contribution in [2.45, 2.75) is 11.1 Å². The van der Waals surface area contributed by atoms with Gasteiger partial charge in [-0.05, 0) is 6.07 Å². The molecule has 0 amide bonds. The van der Waals surface area contributed by atoms with Crippen molar-refractivity contribution in [3.63, 3.8) is 0 Å². The summed E-state index contributed by atoms with van der Waals surface area (Å²) in [5.41, 5.74) is 0. The third-order valence-corrected chi connectivity index (χ3v) is 3.20. The van der Waals surface area contributed by atoms with Gasteiger partial charge in [-0.1, -0.05) is 0 Å². The lowest BCUT2D eigenvalue weighted by Crippen LogP contribution is -2.29. The second-order valence-electron chi connectivity index (χ2n) is 3.45. The maximum atomic E-state index is 11.9. The van der Waals surface area contributed by atoms with Crippen molar-refractivity contribution < 1.29 is 36.2 Å². The van der Waals surface area contributed by atoms with E-state index >= 15 is 0 Å². The van der Waals surface area contributed by atoms with E-state index in [1.165, 1.54) is 0 Å². The van der Waals surface area contributed by atoms with E-state index in [0.29, 0.717) is 0 Å². The quantitative estimate of drug-likeness (QED) is 0.786. The largest absolute Gasteiger partial charge is 0.480 e. The Labute approximate surface area is 111 Å². The molecule has 1 heterocycles. The number of nitrogens with zero attached hydrogens (tertiary/aromatic N) is 1. The Balaban J connectivity index is 2.73. The number of carboxylic acid groups (broad SMARTS) is 1. The van der Waals surface area contributed by atoms with Gasteiger partial charge in [-0.15, -0.1) is 0 Å². The van der Waals surface area contributed by atoms with Crippen molar-refractivity contribution in [2.75, 3.05) is 13.2 Å². The van der Waals surface area contributed by atoms with Gasteiger partial charge < -0.3 is 9.84 Å². The zero-order chi connectivity index (χ0) is 15.4. The fourth-order valence-corrected chi connectivity index (χ4v) is 1.93. The molecule has 2 N–H and O–H groups in total. The molecule has 0 spiro atoms. The number of nitrogens with one attached hydrogen (secondary N) is 1. The van der Waals surface area contributed by atoms with Crippen molar-refractivity contribution in [3.05, 3.63) is 18.3 Å². The van der Waals surface area contributed by atoms with Crippen LogP contribution in [0.15, 0.2) is 23.2 Å². The second kappa shape index (κ2) is 6.05. The molecule has 0 atom stereocenters. The first-order valence-electron chi connectivity index (χ1n) is 4.97. The van der Waals surface area contributed by atoms with E-state index in [-0.39, 0.29) is 0 Å². The van der Waals surface area contributed by atoms with Crippen LogP contribution in [0.1, 0.15) is 0 Å². The molecule has 0 aromatic carbocycles. The summed E-state index contributed by atoms with van der Waals surface area (Å²) >= 11 is 0. The SMILES string of the molecule is O=C(O)CNS(=O)(=O)c1ccc(OCC(F)(F)F)nc1. The van der Waals surface area contributed by atoms with E-state index in [0.717, 1.165) is 18.3 Å². The number of aliphatic carboxylic acids is 1. The molecule has 11 heteroatoms. The molecular weight excluding hydrogens is 305 g/mol. The Bertz CT molecular complexity index is 570. The highest BCUT2D eigenvalue weighted by atomic mass is 32.2. The smallest absolute Gasteiger partial charge is 0.422 e. The van der Waals surface area contributed by atoms with E-state index in [1.54, 1.807) is 4.72 Å². The van der Waals surface area contributed by atoms with Gasteiger partial charge >= 0.3 is 12.1 Å². The molecule has 20 heavy (non-hydrogen) atoms. The minimum Gasteiger partial charge on any atom is -0.480 e. The second-order valence-corrected chi connectivity index (χ2v) is 5.22. The minimum absolute atomic E-state index is 0.391. The summed E-state index contributed by atoms with van der Waals surface area (Å²) in [6, 6.07) is 1.88. The van der Waals surface area contributed by atoms with Gasteiger partial charge in [0, 0.05) is 6.07 Å². The summed E-state index contributed by atoms with van der Waals surface area (Å²) in [5, 5.41) is 8.34. The maximum Gasteiger partial charge on any atom is 0.422 e. The van der Waals surface area contributed by atoms with Crippen molar-refractivity contribution in [1.82, 2.24) is 9.71 Å². The Hall–Kier alpha value is -1.88. The van der Waals surface area contributed by atoms with Crippen molar-refractivity contribution >= 4 is 16.0 Å². The monoisotopic (exact) mass is 314 g/mol. The van der Waals surface area contributed by atoms with Gasteiger partial charge in [0.25, 0.3) is 0 Å². The molecule has 0 fully saturated rings. The number of hydrogen-bond acceptors (Lipinski definition) is 5. The van der Waals surface area contributed by atoms with Crippen LogP contribution in [0.4, 0.5) is 13.2 Å². The number of sulfonamides is 1. The lowest BCUT2D eigenvalue weighted by Gasteiger charge is -2.09. The van der Waals surface area contributed by atoms with Crippen LogP contribution in [-0.4, -0.2) is 43.8 Å². The minimum atomic E-state index is -4.53. The Kier molecular flexibility index (Phi) is 4.89. The van der Waals surface area contributed by atoms with Crippen LogP contribution in [0.25, 0.3) is 0 Å². The summed E-state index contributed by atoms with van der Waals surface area (Å²) in [7, 11) is -4.09. The standard InChI is InChI=1S/C9H9F3N2O5S/c10-9(11,12)5-19-7-2-1-6(3-13-7)20(17,18)14-4-8(15)16/h1-3,14H,4-5H2,(H,15,16). The van der Waals surface area contributed by atoms with Crippen molar-refractivity contribution in [3.8, 4) is 5.88 Å². The Morgan fingerprint density at radius 1 is 1.40 bits per heavy atom. The maximum absolute atomic E-state index is 11.9. The number of halogens is 3. The van der Waals surface area contributed by atoms with E-state index in [9.17, 15) is 26.4 Å². The molecule has 0 aliphatic heterocycles. The summed E-state index contributed by atoms with van der Waals surface area (Å²) < 4.78 is 64.7. The topological polar surface area (TPSA) is 106 Å². The molecule has 0 bridgehead atoms. The van der Waals surface area contributed by atoms with E-state index in [1.807, 2.05) is 0 Å². The number of carboxylic acids is 1. The zero-order valence-corrected chi connectivity index (χ0v) is 10.5. The van der Waals surface area contributed by atoms with Crippen LogP contribution in [-0.2, 0) is 14.8 Å². The molecule has 1 aromatic rings. The van der Waals surface area contributed by atoms with Gasteiger partial charge in [-0.2, -0.15) is 17.9 Å². The van der Waals surface area contributed by atoms with Crippen LogP contribution in [0.2, 0.25) is 0 Å². The summed E-state index contributed by atoms with van der Waals surface area (Å²) in [4.78, 5) is 13.2. The first-order valence-corrected chi connectivity index (χ1v) is 6.45. The fourth-order valence-electron chi connectivity index (χ4n) is 1.01. The first-order chi connectivity index (χ1) is 9.10.